The van der Waals surface area contributed by atoms with Gasteiger partial charge in [0.05, 0.1) is 0 Å². The lowest BCUT2D eigenvalue weighted by Gasteiger charge is -2.41. The Morgan fingerprint density at radius 3 is 2.33 bits per heavy atom. The van der Waals surface area contributed by atoms with Crippen molar-refractivity contribution in [2.75, 3.05) is 59.9 Å². The van der Waals surface area contributed by atoms with E-state index in [9.17, 15) is 0 Å². The van der Waals surface area contributed by atoms with Gasteiger partial charge in [0.25, 0.3) is 0 Å². The fourth-order valence-electron chi connectivity index (χ4n) is 3.63. The van der Waals surface area contributed by atoms with Crippen molar-refractivity contribution in [2.24, 2.45) is 16.3 Å². The number of hydrogen-bond acceptors (Lipinski definition) is 3. The average Bonchev–Trinajstić information content (AvgIpc) is 2.51. The van der Waals surface area contributed by atoms with Gasteiger partial charge in [-0.25, -0.2) is 0 Å². The van der Waals surface area contributed by atoms with E-state index in [1.807, 2.05) is 7.05 Å². The second-order valence-corrected chi connectivity index (χ2v) is 7.72. The number of nitrogens with zero attached hydrogens (tertiary/aromatic N) is 3. The Hall–Kier alpha value is -0.0800. The highest BCUT2D eigenvalue weighted by Gasteiger charge is 2.34. The van der Waals surface area contributed by atoms with Gasteiger partial charge in [0, 0.05) is 52.9 Å². The first kappa shape index (κ1) is 22.0. The SMILES string of the molecule is CCC1(CNC(=NC)NCC(C)CN2CCN(C)CC2)CCC1.I. The van der Waals surface area contributed by atoms with E-state index in [0.29, 0.717) is 11.3 Å². The van der Waals surface area contributed by atoms with E-state index >= 15 is 0 Å². The summed E-state index contributed by atoms with van der Waals surface area (Å²) in [7, 11) is 4.09. The van der Waals surface area contributed by atoms with Gasteiger partial charge in [-0.1, -0.05) is 20.3 Å². The lowest BCUT2D eigenvalue weighted by atomic mass is 9.67. The van der Waals surface area contributed by atoms with Crippen LogP contribution >= 0.6 is 24.0 Å². The first-order chi connectivity index (χ1) is 11.1. The number of piperazine rings is 1. The predicted octanol–water partition coefficient (Wildman–Crippen LogP) is 2.23. The molecule has 24 heavy (non-hydrogen) atoms. The summed E-state index contributed by atoms with van der Waals surface area (Å²) in [6.07, 6.45) is 5.40. The fourth-order valence-corrected chi connectivity index (χ4v) is 3.63. The zero-order chi connectivity index (χ0) is 16.7. The first-order valence-corrected chi connectivity index (χ1v) is 9.42. The Morgan fingerprint density at radius 1 is 1.17 bits per heavy atom. The third-order valence-electron chi connectivity index (χ3n) is 5.80. The number of aliphatic imine (C=N–C) groups is 1. The van der Waals surface area contributed by atoms with Crippen LogP contribution in [0.1, 0.15) is 39.5 Å². The van der Waals surface area contributed by atoms with Crippen LogP contribution in [0.4, 0.5) is 0 Å². The molecular weight excluding hydrogens is 413 g/mol. The van der Waals surface area contributed by atoms with Crippen LogP contribution in [0.15, 0.2) is 4.99 Å². The molecule has 1 atom stereocenters. The van der Waals surface area contributed by atoms with Gasteiger partial charge in [0.15, 0.2) is 5.96 Å². The number of likely N-dealkylation sites (N-methyl/N-ethyl adjacent to an activating group) is 1. The maximum Gasteiger partial charge on any atom is 0.191 e. The standard InChI is InChI=1S/C18H37N5.HI/c1-5-18(7-6-8-18)15-21-17(19-3)20-13-16(2)14-23-11-9-22(4)10-12-23;/h16H,5-15H2,1-4H3,(H2,19,20,21);1H. The zero-order valence-electron chi connectivity index (χ0n) is 16.1. The van der Waals surface area contributed by atoms with E-state index in [-0.39, 0.29) is 24.0 Å². The molecule has 5 nitrogen and oxygen atoms in total. The molecule has 0 aromatic carbocycles. The third kappa shape index (κ3) is 6.67. The van der Waals surface area contributed by atoms with Gasteiger partial charge in [-0.15, -0.1) is 24.0 Å². The van der Waals surface area contributed by atoms with E-state index in [1.54, 1.807) is 0 Å². The van der Waals surface area contributed by atoms with Gasteiger partial charge in [-0.05, 0) is 37.6 Å². The summed E-state index contributed by atoms with van der Waals surface area (Å²) in [5.74, 6) is 1.61. The number of hydrogen-bond donors (Lipinski definition) is 2. The normalized spacial score (nSPS) is 23.1. The molecule has 0 bridgehead atoms. The molecule has 2 fully saturated rings. The van der Waals surface area contributed by atoms with Crippen molar-refractivity contribution < 1.29 is 0 Å². The molecular formula is C18H38IN5. The van der Waals surface area contributed by atoms with Gasteiger partial charge >= 0.3 is 0 Å². The largest absolute Gasteiger partial charge is 0.356 e. The van der Waals surface area contributed by atoms with Crippen molar-refractivity contribution in [3.8, 4) is 0 Å². The van der Waals surface area contributed by atoms with Crippen LogP contribution in [-0.4, -0.2) is 75.7 Å². The van der Waals surface area contributed by atoms with Crippen LogP contribution in [0.5, 0.6) is 0 Å². The van der Waals surface area contributed by atoms with Crippen molar-refractivity contribution >= 4 is 29.9 Å². The molecule has 6 heteroatoms. The molecule has 1 heterocycles. The molecule has 2 rings (SSSR count). The minimum atomic E-state index is 0. The van der Waals surface area contributed by atoms with E-state index < -0.39 is 0 Å². The smallest absolute Gasteiger partial charge is 0.191 e. The van der Waals surface area contributed by atoms with Crippen LogP contribution < -0.4 is 10.6 Å². The Kier molecular flexibility index (Phi) is 9.89. The summed E-state index contributed by atoms with van der Waals surface area (Å²) >= 11 is 0. The maximum absolute atomic E-state index is 4.39. The Morgan fingerprint density at radius 2 is 1.83 bits per heavy atom. The minimum absolute atomic E-state index is 0. The number of nitrogens with one attached hydrogen (secondary N) is 2. The Balaban J connectivity index is 0.00000288. The van der Waals surface area contributed by atoms with Crippen LogP contribution in [0.3, 0.4) is 0 Å². The lowest BCUT2D eigenvalue weighted by Crippen LogP contribution is -2.49. The second kappa shape index (κ2) is 10.8. The zero-order valence-corrected chi connectivity index (χ0v) is 18.4. The molecule has 0 aromatic rings. The summed E-state index contributed by atoms with van der Waals surface area (Å²) in [6.45, 7) is 12.7. The molecule has 142 valence electrons. The topological polar surface area (TPSA) is 42.9 Å². The van der Waals surface area contributed by atoms with Crippen molar-refractivity contribution in [1.29, 1.82) is 0 Å². The van der Waals surface area contributed by atoms with Gasteiger partial charge in [-0.3, -0.25) is 4.99 Å². The summed E-state index contributed by atoms with van der Waals surface area (Å²) in [4.78, 5) is 9.38. The highest BCUT2D eigenvalue weighted by Crippen LogP contribution is 2.42. The van der Waals surface area contributed by atoms with Crippen molar-refractivity contribution in [3.63, 3.8) is 0 Å². The van der Waals surface area contributed by atoms with Gasteiger partial charge < -0.3 is 20.4 Å². The van der Waals surface area contributed by atoms with Gasteiger partial charge in [0.2, 0.25) is 0 Å². The highest BCUT2D eigenvalue weighted by molar-refractivity contribution is 14.0. The average molecular weight is 451 g/mol. The molecule has 0 amide bonds. The molecule has 1 aliphatic carbocycles. The molecule has 2 aliphatic rings. The fraction of sp³-hybridized carbons (Fsp3) is 0.944. The maximum atomic E-state index is 4.39. The molecule has 0 spiro atoms. The molecule has 2 N–H and O–H groups in total. The van der Waals surface area contributed by atoms with Crippen LogP contribution in [0.25, 0.3) is 0 Å². The summed E-state index contributed by atoms with van der Waals surface area (Å²) in [5.41, 5.74) is 0.531. The van der Waals surface area contributed by atoms with Gasteiger partial charge in [0.1, 0.15) is 0 Å². The summed E-state index contributed by atoms with van der Waals surface area (Å²) < 4.78 is 0. The summed E-state index contributed by atoms with van der Waals surface area (Å²) in [6, 6.07) is 0. The molecule has 1 saturated heterocycles. The molecule has 0 radical (unpaired) electrons. The lowest BCUT2D eigenvalue weighted by molar-refractivity contribution is 0.131. The highest BCUT2D eigenvalue weighted by atomic mass is 127. The van der Waals surface area contributed by atoms with E-state index in [0.717, 1.165) is 19.0 Å². The molecule has 1 aliphatic heterocycles. The van der Waals surface area contributed by atoms with Crippen molar-refractivity contribution in [3.05, 3.63) is 0 Å². The number of rotatable bonds is 7. The molecule has 0 aromatic heterocycles. The second-order valence-electron chi connectivity index (χ2n) is 7.72. The predicted molar refractivity (Wildman–Crippen MR) is 114 cm³/mol. The van der Waals surface area contributed by atoms with Crippen LogP contribution in [-0.2, 0) is 0 Å². The monoisotopic (exact) mass is 451 g/mol. The number of guanidine groups is 1. The van der Waals surface area contributed by atoms with E-state index in [4.69, 9.17) is 0 Å². The van der Waals surface area contributed by atoms with Crippen LogP contribution in [0.2, 0.25) is 0 Å². The molecule has 1 saturated carbocycles. The third-order valence-corrected chi connectivity index (χ3v) is 5.80. The van der Waals surface area contributed by atoms with Crippen molar-refractivity contribution in [1.82, 2.24) is 20.4 Å². The quantitative estimate of drug-likeness (QED) is 0.354. The number of halogens is 1. The van der Waals surface area contributed by atoms with E-state index in [2.05, 4.69) is 46.3 Å². The van der Waals surface area contributed by atoms with Gasteiger partial charge in [-0.2, -0.15) is 0 Å². The minimum Gasteiger partial charge on any atom is -0.356 e. The molecule has 1 unspecified atom stereocenters. The van der Waals surface area contributed by atoms with E-state index in [1.165, 1.54) is 58.4 Å². The first-order valence-electron chi connectivity index (χ1n) is 9.42. The van der Waals surface area contributed by atoms with Crippen LogP contribution in [0, 0.1) is 11.3 Å². The summed E-state index contributed by atoms with van der Waals surface area (Å²) in [5, 5.41) is 7.06. The Bertz CT molecular complexity index is 370. The van der Waals surface area contributed by atoms with Crippen molar-refractivity contribution in [2.45, 2.75) is 39.5 Å². The Labute approximate surface area is 166 Å².